The summed E-state index contributed by atoms with van der Waals surface area (Å²) in [7, 11) is 0. The summed E-state index contributed by atoms with van der Waals surface area (Å²) in [4.78, 5) is 0. The van der Waals surface area contributed by atoms with Gasteiger partial charge in [-0.2, -0.15) is 12.6 Å². The first kappa shape index (κ1) is 10.4. The standard InChI is InChI=1S/C25H22S/c1-16-8-3-7-6-2-9-15-11-5-13-19(11)23(15)17(6,9)21(7,16)25(23)22(16)14(8)10-4-12-18(10,22)24(19,25)20(12,13)26/h6-15,26H,2-5H2,1H3. The lowest BCUT2D eigenvalue weighted by Crippen LogP contribution is -3.43. The number of rotatable bonds is 0. The minimum Gasteiger partial charge on any atom is -0.171 e. The van der Waals surface area contributed by atoms with Crippen LogP contribution in [0.15, 0.2) is 0 Å². The van der Waals surface area contributed by atoms with Crippen molar-refractivity contribution in [2.24, 2.45) is 108 Å². The van der Waals surface area contributed by atoms with E-state index >= 15 is 0 Å². The Morgan fingerprint density at radius 2 is 1.27 bits per heavy atom. The van der Waals surface area contributed by atoms with Gasteiger partial charge in [-0.3, -0.25) is 0 Å². The first-order valence-electron chi connectivity index (χ1n) is 12.4. The number of thiol groups is 1. The maximum atomic E-state index is 5.80. The quantitative estimate of drug-likeness (QED) is 0.633. The Labute approximate surface area is 158 Å². The van der Waals surface area contributed by atoms with E-state index in [9.17, 15) is 0 Å². The van der Waals surface area contributed by atoms with Crippen molar-refractivity contribution in [2.75, 3.05) is 0 Å². The Hall–Kier alpha value is 0.350. The van der Waals surface area contributed by atoms with Crippen LogP contribution in [0.25, 0.3) is 0 Å². The summed E-state index contributed by atoms with van der Waals surface area (Å²) in [6.07, 6.45) is 6.78. The Balaban J connectivity index is 1.27. The van der Waals surface area contributed by atoms with Crippen molar-refractivity contribution in [3.8, 4) is 0 Å². The molecule has 0 saturated heterocycles. The highest BCUT2D eigenvalue weighted by atomic mass is 32.1. The minimum atomic E-state index is 0.599. The molecule has 128 valence electrons. The lowest BCUT2D eigenvalue weighted by Gasteiger charge is -3.44. The van der Waals surface area contributed by atoms with E-state index in [1.807, 2.05) is 0 Å². The number of hydrogen-bond donors (Lipinski definition) is 1. The third-order valence-electron chi connectivity index (χ3n) is 19.4. The molecular formula is C25H22S. The van der Waals surface area contributed by atoms with E-state index in [0.717, 1.165) is 60.6 Å². The molecule has 15 fully saturated rings. The van der Waals surface area contributed by atoms with E-state index in [-0.39, 0.29) is 0 Å². The molecular weight excluding hydrogens is 332 g/mol. The van der Waals surface area contributed by atoms with Crippen LogP contribution in [0.1, 0.15) is 32.6 Å². The molecule has 0 aliphatic heterocycles. The van der Waals surface area contributed by atoms with E-state index in [2.05, 4.69) is 6.92 Å². The van der Waals surface area contributed by atoms with Crippen molar-refractivity contribution in [1.29, 1.82) is 0 Å². The molecule has 26 heavy (non-hydrogen) atoms. The predicted octanol–water partition coefficient (Wildman–Crippen LogP) is 3.48. The molecule has 1 heteroatoms. The molecule has 15 aliphatic carbocycles. The van der Waals surface area contributed by atoms with Crippen LogP contribution in [-0.4, -0.2) is 4.75 Å². The van der Waals surface area contributed by atoms with Crippen LogP contribution in [0.4, 0.5) is 0 Å². The van der Waals surface area contributed by atoms with Crippen molar-refractivity contribution in [2.45, 2.75) is 37.4 Å². The molecule has 15 saturated carbocycles. The zero-order valence-electron chi connectivity index (χ0n) is 15.0. The Morgan fingerprint density at radius 1 is 0.615 bits per heavy atom. The van der Waals surface area contributed by atoms with E-state index in [1.165, 1.54) is 47.3 Å². The summed E-state index contributed by atoms with van der Waals surface area (Å²) in [5, 5.41) is 0. The summed E-state index contributed by atoms with van der Waals surface area (Å²) >= 11 is 5.80. The van der Waals surface area contributed by atoms with E-state index in [1.54, 1.807) is 25.7 Å². The highest BCUT2D eigenvalue weighted by Crippen LogP contribution is 3.47. The molecule has 15 aliphatic rings. The van der Waals surface area contributed by atoms with Gasteiger partial charge in [0.2, 0.25) is 0 Å². The van der Waals surface area contributed by atoms with E-state index in [4.69, 9.17) is 12.6 Å². The van der Waals surface area contributed by atoms with Crippen LogP contribution in [0.2, 0.25) is 0 Å². The molecule has 0 heterocycles. The van der Waals surface area contributed by atoms with Crippen molar-refractivity contribution in [3.63, 3.8) is 0 Å². The van der Waals surface area contributed by atoms with Crippen molar-refractivity contribution < 1.29 is 0 Å². The fourth-order valence-corrected chi connectivity index (χ4v) is 24.3. The average molecular weight is 355 g/mol. The highest BCUT2D eigenvalue weighted by molar-refractivity contribution is 7.82. The largest absolute Gasteiger partial charge is 0.171 e. The second kappa shape index (κ2) is 1.69. The summed E-state index contributed by atoms with van der Waals surface area (Å²) in [5.74, 6) is 12.3. The first-order chi connectivity index (χ1) is 12.6. The van der Waals surface area contributed by atoms with Crippen LogP contribution in [0.3, 0.4) is 0 Å². The van der Waals surface area contributed by atoms with Crippen LogP contribution < -0.4 is 0 Å². The molecule has 0 nitrogen and oxygen atoms in total. The van der Waals surface area contributed by atoms with Gasteiger partial charge in [0, 0.05) is 10.2 Å². The lowest BCUT2D eigenvalue weighted by atomic mass is 8.59. The van der Waals surface area contributed by atoms with Gasteiger partial charge in [-0.05, 0) is 128 Å². The smallest absolute Gasteiger partial charge is 0.0271 e. The van der Waals surface area contributed by atoms with Gasteiger partial charge in [0.25, 0.3) is 0 Å². The van der Waals surface area contributed by atoms with E-state index in [0.29, 0.717) is 4.75 Å². The topological polar surface area (TPSA) is 0 Å². The molecule has 20 unspecified atom stereocenters. The number of hydrogen-bond acceptors (Lipinski definition) is 1. The fraction of sp³-hybridized carbons (Fsp3) is 1.00. The summed E-state index contributed by atoms with van der Waals surface area (Å²) < 4.78 is 0.599. The molecule has 0 N–H and O–H groups in total. The van der Waals surface area contributed by atoms with Gasteiger partial charge >= 0.3 is 0 Å². The van der Waals surface area contributed by atoms with Gasteiger partial charge < -0.3 is 0 Å². The lowest BCUT2D eigenvalue weighted by molar-refractivity contribution is -0.979. The molecule has 8 spiro atoms. The SMILES string of the molecule is CC12C3CC4C5CC6C7C8CC9C%10(S)C%11CC%12C3C13C%12%11C%101C89C78C56C42C381. The van der Waals surface area contributed by atoms with Crippen LogP contribution in [0.5, 0.6) is 0 Å². The molecule has 20 atom stereocenters. The van der Waals surface area contributed by atoms with Crippen LogP contribution in [0, 0.1) is 108 Å². The van der Waals surface area contributed by atoms with Crippen molar-refractivity contribution in [3.05, 3.63) is 0 Å². The molecule has 0 aromatic heterocycles. The van der Waals surface area contributed by atoms with Gasteiger partial charge in [0.1, 0.15) is 0 Å². The van der Waals surface area contributed by atoms with Gasteiger partial charge in [-0.25, -0.2) is 0 Å². The second-order valence-electron chi connectivity index (χ2n) is 15.3. The maximum absolute atomic E-state index is 5.80. The zero-order valence-corrected chi connectivity index (χ0v) is 15.9. The monoisotopic (exact) mass is 354 g/mol. The van der Waals surface area contributed by atoms with Gasteiger partial charge in [-0.1, -0.05) is 6.92 Å². The normalized spacial score (nSPS) is 119. The molecule has 0 aromatic carbocycles. The van der Waals surface area contributed by atoms with Gasteiger partial charge in [0.15, 0.2) is 0 Å². The second-order valence-corrected chi connectivity index (χ2v) is 16.0. The molecule has 15 rings (SSSR count). The third kappa shape index (κ3) is 0.261. The van der Waals surface area contributed by atoms with Crippen molar-refractivity contribution >= 4 is 12.6 Å². The van der Waals surface area contributed by atoms with Crippen LogP contribution in [-0.2, 0) is 0 Å². The Kier molecular flexibility index (Phi) is 0.675. The van der Waals surface area contributed by atoms with Gasteiger partial charge in [-0.15, -0.1) is 0 Å². The summed E-state index contributed by atoms with van der Waals surface area (Å²) in [6.45, 7) is 2.95. The molecule has 0 bridgehead atoms. The molecule has 0 amide bonds. The maximum Gasteiger partial charge on any atom is 0.0271 e. The minimum absolute atomic E-state index is 0.599. The number of fused-ring (bicyclic) bond motifs is 7. The van der Waals surface area contributed by atoms with Crippen molar-refractivity contribution in [1.82, 2.24) is 0 Å². The summed E-state index contributed by atoms with van der Waals surface area (Å²) in [5.41, 5.74) is 8.62. The molecule has 0 aromatic rings. The first-order valence-corrected chi connectivity index (χ1v) is 12.8. The highest BCUT2D eigenvalue weighted by Gasteiger charge is 3.46. The average Bonchev–Trinajstić information content (AvgIpc) is 2.66. The third-order valence-corrected chi connectivity index (χ3v) is 20.4. The van der Waals surface area contributed by atoms with Gasteiger partial charge in [0.05, 0.1) is 0 Å². The van der Waals surface area contributed by atoms with Crippen LogP contribution >= 0.6 is 12.6 Å². The summed E-state index contributed by atoms with van der Waals surface area (Å²) in [6, 6.07) is 0. The fourth-order valence-electron chi connectivity index (χ4n) is 23.1. The Bertz CT molecular complexity index is 1240. The van der Waals surface area contributed by atoms with E-state index < -0.39 is 0 Å². The predicted molar refractivity (Wildman–Crippen MR) is 92.7 cm³/mol. The zero-order chi connectivity index (χ0) is 15.6. The molecule has 0 radical (unpaired) electrons. The Morgan fingerprint density at radius 3 is 2.08 bits per heavy atom.